The molecule has 3 heteroatoms. The highest BCUT2D eigenvalue weighted by atomic mass is 35.5. The third-order valence-corrected chi connectivity index (χ3v) is 3.61. The lowest BCUT2D eigenvalue weighted by Gasteiger charge is -2.10. The van der Waals surface area contributed by atoms with Gasteiger partial charge in [0.15, 0.2) is 0 Å². The third-order valence-electron chi connectivity index (χ3n) is 3.38. The van der Waals surface area contributed by atoms with Crippen molar-refractivity contribution < 1.29 is 4.74 Å². The summed E-state index contributed by atoms with van der Waals surface area (Å²) >= 11 is 6.00. The summed E-state index contributed by atoms with van der Waals surface area (Å²) in [5.41, 5.74) is 1.14. The second-order valence-electron chi connectivity index (χ2n) is 4.73. The Labute approximate surface area is 108 Å². The molecule has 2 atom stereocenters. The Balaban J connectivity index is 1.88. The lowest BCUT2D eigenvalue weighted by molar-refractivity contribution is 0.407. The molecule has 2 nitrogen and oxygen atoms in total. The molecule has 1 aliphatic carbocycles. The van der Waals surface area contributed by atoms with Crippen LogP contribution in [0.2, 0.25) is 5.02 Å². The smallest absolute Gasteiger partial charge is 0.123 e. The monoisotopic (exact) mass is 253 g/mol. The Kier molecular flexibility index (Phi) is 4.30. The maximum absolute atomic E-state index is 6.00. The highest BCUT2D eigenvalue weighted by Crippen LogP contribution is 2.35. The highest BCUT2D eigenvalue weighted by molar-refractivity contribution is 6.30. The van der Waals surface area contributed by atoms with Gasteiger partial charge in [-0.3, -0.25) is 0 Å². The summed E-state index contributed by atoms with van der Waals surface area (Å²) < 4.78 is 5.33. The van der Waals surface area contributed by atoms with Gasteiger partial charge in [0.1, 0.15) is 5.75 Å². The molecule has 0 radical (unpaired) electrons. The van der Waals surface area contributed by atoms with Crippen LogP contribution >= 0.6 is 11.6 Å². The number of methoxy groups -OCH3 is 1. The molecule has 1 N–H and O–H groups in total. The van der Waals surface area contributed by atoms with E-state index >= 15 is 0 Å². The number of hydrogen-bond acceptors (Lipinski definition) is 2. The summed E-state index contributed by atoms with van der Waals surface area (Å²) in [7, 11) is 1.70. The van der Waals surface area contributed by atoms with E-state index in [0.29, 0.717) is 6.04 Å². The number of ether oxygens (including phenoxy) is 1. The number of hydrogen-bond donors (Lipinski definition) is 1. The summed E-state index contributed by atoms with van der Waals surface area (Å²) in [6.07, 6.45) is 3.93. The summed E-state index contributed by atoms with van der Waals surface area (Å²) in [6, 6.07) is 6.46. The quantitative estimate of drug-likeness (QED) is 0.836. The minimum absolute atomic E-state index is 0.693. The summed E-state index contributed by atoms with van der Waals surface area (Å²) in [4.78, 5) is 0. The topological polar surface area (TPSA) is 21.3 Å². The van der Waals surface area contributed by atoms with Crippen LogP contribution in [0.3, 0.4) is 0 Å². The second-order valence-corrected chi connectivity index (χ2v) is 5.16. The summed E-state index contributed by atoms with van der Waals surface area (Å²) in [6.45, 7) is 3.09. The minimum atomic E-state index is 0.693. The zero-order chi connectivity index (χ0) is 12.3. The van der Waals surface area contributed by atoms with E-state index in [-0.39, 0.29) is 0 Å². The van der Waals surface area contributed by atoms with Crippen molar-refractivity contribution in [2.24, 2.45) is 5.92 Å². The molecule has 0 heterocycles. The first-order chi connectivity index (χ1) is 8.24. The molecule has 0 aliphatic heterocycles. The SMILES string of the molecule is CCCC1CC1NCc1cc(Cl)ccc1OC. The lowest BCUT2D eigenvalue weighted by atomic mass is 10.2. The Bertz CT molecular complexity index is 380. The largest absolute Gasteiger partial charge is 0.496 e. The van der Waals surface area contributed by atoms with Crippen LogP contribution in [0, 0.1) is 5.92 Å². The Morgan fingerprint density at radius 2 is 2.29 bits per heavy atom. The molecule has 1 aromatic rings. The number of benzene rings is 1. The van der Waals surface area contributed by atoms with Crippen molar-refractivity contribution in [3.05, 3.63) is 28.8 Å². The van der Waals surface area contributed by atoms with Crippen molar-refractivity contribution in [3.8, 4) is 5.75 Å². The predicted octanol–water partition coefficient (Wildman–Crippen LogP) is 3.63. The molecule has 2 unspecified atom stereocenters. The van der Waals surface area contributed by atoms with Crippen LogP contribution in [0.5, 0.6) is 5.75 Å². The molecule has 0 aromatic heterocycles. The molecule has 2 rings (SSSR count). The first-order valence-corrected chi connectivity index (χ1v) is 6.68. The number of rotatable bonds is 6. The molecule has 1 fully saturated rings. The van der Waals surface area contributed by atoms with Crippen LogP contribution in [0.15, 0.2) is 18.2 Å². The molecule has 1 aromatic carbocycles. The molecular formula is C14H20ClNO. The van der Waals surface area contributed by atoms with Gasteiger partial charge in [0.05, 0.1) is 7.11 Å². The zero-order valence-corrected chi connectivity index (χ0v) is 11.3. The fourth-order valence-corrected chi connectivity index (χ4v) is 2.51. The van der Waals surface area contributed by atoms with Crippen molar-refractivity contribution >= 4 is 11.6 Å². The van der Waals surface area contributed by atoms with Crippen molar-refractivity contribution in [2.45, 2.75) is 38.8 Å². The van der Waals surface area contributed by atoms with Gasteiger partial charge >= 0.3 is 0 Å². The van der Waals surface area contributed by atoms with E-state index in [1.807, 2.05) is 18.2 Å². The average Bonchev–Trinajstić information content (AvgIpc) is 3.06. The summed E-state index contributed by atoms with van der Waals surface area (Å²) in [5, 5.41) is 4.34. The molecule has 0 amide bonds. The average molecular weight is 254 g/mol. The Morgan fingerprint density at radius 3 is 3.00 bits per heavy atom. The third kappa shape index (κ3) is 3.36. The molecule has 17 heavy (non-hydrogen) atoms. The van der Waals surface area contributed by atoms with Crippen LogP contribution in [0.25, 0.3) is 0 Å². The van der Waals surface area contributed by atoms with Gasteiger partial charge in [-0.05, 0) is 37.0 Å². The van der Waals surface area contributed by atoms with Crippen molar-refractivity contribution in [1.82, 2.24) is 5.32 Å². The van der Waals surface area contributed by atoms with E-state index in [0.717, 1.165) is 28.8 Å². The normalized spacial score (nSPS) is 22.5. The van der Waals surface area contributed by atoms with Crippen LogP contribution in [0.1, 0.15) is 31.7 Å². The van der Waals surface area contributed by atoms with Crippen LogP contribution in [0.4, 0.5) is 0 Å². The van der Waals surface area contributed by atoms with E-state index in [2.05, 4.69) is 12.2 Å². The number of nitrogens with one attached hydrogen (secondary N) is 1. The van der Waals surface area contributed by atoms with E-state index in [1.165, 1.54) is 19.3 Å². The summed E-state index contributed by atoms with van der Waals surface area (Å²) in [5.74, 6) is 1.79. The van der Waals surface area contributed by atoms with Gasteiger partial charge in [-0.1, -0.05) is 24.9 Å². The minimum Gasteiger partial charge on any atom is -0.496 e. The zero-order valence-electron chi connectivity index (χ0n) is 10.5. The standard InChI is InChI=1S/C14H20ClNO/c1-3-4-10-8-13(10)16-9-11-7-12(15)5-6-14(11)17-2/h5-7,10,13,16H,3-4,8-9H2,1-2H3. The van der Waals surface area contributed by atoms with E-state index < -0.39 is 0 Å². The molecular weight excluding hydrogens is 234 g/mol. The van der Waals surface area contributed by atoms with Gasteiger partial charge in [-0.15, -0.1) is 0 Å². The van der Waals surface area contributed by atoms with Gasteiger partial charge in [-0.2, -0.15) is 0 Å². The van der Waals surface area contributed by atoms with Crippen LogP contribution in [-0.2, 0) is 6.54 Å². The molecule has 0 spiro atoms. The van der Waals surface area contributed by atoms with Gasteiger partial charge in [0, 0.05) is 23.2 Å². The van der Waals surface area contributed by atoms with Gasteiger partial charge in [0.25, 0.3) is 0 Å². The van der Waals surface area contributed by atoms with Crippen molar-refractivity contribution in [2.75, 3.05) is 7.11 Å². The fraction of sp³-hybridized carbons (Fsp3) is 0.571. The number of halogens is 1. The first kappa shape index (κ1) is 12.7. The van der Waals surface area contributed by atoms with Crippen LogP contribution < -0.4 is 10.1 Å². The second kappa shape index (κ2) is 5.74. The molecule has 1 saturated carbocycles. The van der Waals surface area contributed by atoms with Crippen molar-refractivity contribution in [1.29, 1.82) is 0 Å². The van der Waals surface area contributed by atoms with Crippen molar-refractivity contribution in [3.63, 3.8) is 0 Å². The Morgan fingerprint density at radius 1 is 1.47 bits per heavy atom. The van der Waals surface area contributed by atoms with Gasteiger partial charge in [-0.25, -0.2) is 0 Å². The highest BCUT2D eigenvalue weighted by Gasteiger charge is 2.35. The fourth-order valence-electron chi connectivity index (χ4n) is 2.31. The molecule has 1 aliphatic rings. The first-order valence-electron chi connectivity index (χ1n) is 6.30. The van der Waals surface area contributed by atoms with E-state index in [1.54, 1.807) is 7.11 Å². The van der Waals surface area contributed by atoms with E-state index in [9.17, 15) is 0 Å². The van der Waals surface area contributed by atoms with Crippen LogP contribution in [-0.4, -0.2) is 13.2 Å². The van der Waals surface area contributed by atoms with E-state index in [4.69, 9.17) is 16.3 Å². The maximum Gasteiger partial charge on any atom is 0.123 e. The Hall–Kier alpha value is -0.730. The molecule has 0 bridgehead atoms. The molecule has 0 saturated heterocycles. The predicted molar refractivity (Wildman–Crippen MR) is 71.6 cm³/mol. The van der Waals surface area contributed by atoms with Gasteiger partial charge < -0.3 is 10.1 Å². The lowest BCUT2D eigenvalue weighted by Crippen LogP contribution is -2.18. The maximum atomic E-state index is 6.00. The van der Waals surface area contributed by atoms with Gasteiger partial charge in [0.2, 0.25) is 0 Å². The molecule has 94 valence electrons.